The third-order valence-electron chi connectivity index (χ3n) is 3.12. The Morgan fingerprint density at radius 1 is 1.17 bits per heavy atom. The zero-order chi connectivity index (χ0) is 12.7. The van der Waals surface area contributed by atoms with Gasteiger partial charge in [-0.25, -0.2) is 0 Å². The first-order chi connectivity index (χ1) is 8.65. The van der Waals surface area contributed by atoms with Crippen molar-refractivity contribution in [2.75, 3.05) is 0 Å². The fourth-order valence-corrected chi connectivity index (χ4v) is 2.35. The van der Waals surface area contributed by atoms with Crippen LogP contribution in [0.25, 0.3) is 22.2 Å². The number of hydrogen-bond donors (Lipinski definition) is 0. The molecule has 90 valence electrons. The van der Waals surface area contributed by atoms with Crippen LogP contribution in [0.15, 0.2) is 36.7 Å². The summed E-state index contributed by atoms with van der Waals surface area (Å²) in [6, 6.07) is 8.37. The molecule has 0 radical (unpaired) electrons. The molecule has 0 aliphatic carbocycles. The molecule has 18 heavy (non-hydrogen) atoms. The topological polar surface area (TPSA) is 30.7 Å². The van der Waals surface area contributed by atoms with Gasteiger partial charge in [0.15, 0.2) is 0 Å². The first-order valence-electron chi connectivity index (χ1n) is 6.01. The molecule has 0 unspecified atom stereocenters. The van der Waals surface area contributed by atoms with Crippen molar-refractivity contribution in [2.45, 2.75) is 13.8 Å². The lowest BCUT2D eigenvalue weighted by Gasteiger charge is -2.06. The summed E-state index contributed by atoms with van der Waals surface area (Å²) in [4.78, 5) is 4.56. The number of rotatable bonds is 1. The van der Waals surface area contributed by atoms with E-state index in [0.29, 0.717) is 0 Å². The summed E-state index contributed by atoms with van der Waals surface area (Å²) in [7, 11) is 1.94. The summed E-state index contributed by atoms with van der Waals surface area (Å²) in [5.41, 5.74) is 5.51. The van der Waals surface area contributed by atoms with Crippen molar-refractivity contribution in [3.8, 4) is 11.3 Å². The summed E-state index contributed by atoms with van der Waals surface area (Å²) >= 11 is 0. The minimum absolute atomic E-state index is 1.01. The predicted octanol–water partition coefficient (Wildman–Crippen LogP) is 3.25. The SMILES string of the molecule is Cc1cnc(-c2cccc3cn(C)nc23)c(C)c1. The summed E-state index contributed by atoms with van der Waals surface area (Å²) in [5.74, 6) is 0. The van der Waals surface area contributed by atoms with Gasteiger partial charge in [0.05, 0.1) is 5.69 Å². The van der Waals surface area contributed by atoms with Crippen LogP contribution in [-0.4, -0.2) is 14.8 Å². The fourth-order valence-electron chi connectivity index (χ4n) is 2.35. The van der Waals surface area contributed by atoms with Gasteiger partial charge in [0.1, 0.15) is 5.52 Å². The van der Waals surface area contributed by atoms with Crippen LogP contribution in [0.4, 0.5) is 0 Å². The maximum Gasteiger partial charge on any atom is 0.102 e. The average molecular weight is 237 g/mol. The Hall–Kier alpha value is -2.16. The van der Waals surface area contributed by atoms with Crippen LogP contribution >= 0.6 is 0 Å². The maximum absolute atomic E-state index is 4.56. The molecule has 0 aliphatic rings. The van der Waals surface area contributed by atoms with Gasteiger partial charge in [0.2, 0.25) is 0 Å². The fraction of sp³-hybridized carbons (Fsp3) is 0.200. The van der Waals surface area contributed by atoms with Crippen molar-refractivity contribution >= 4 is 10.9 Å². The molecule has 0 saturated heterocycles. The Bertz CT molecular complexity index is 726. The van der Waals surface area contributed by atoms with Gasteiger partial charge in [-0.3, -0.25) is 9.67 Å². The molecule has 3 nitrogen and oxygen atoms in total. The van der Waals surface area contributed by atoms with E-state index in [1.165, 1.54) is 11.1 Å². The smallest absolute Gasteiger partial charge is 0.102 e. The number of benzene rings is 1. The molecule has 3 rings (SSSR count). The molecule has 0 N–H and O–H groups in total. The van der Waals surface area contributed by atoms with Gasteiger partial charge in [0.25, 0.3) is 0 Å². The lowest BCUT2D eigenvalue weighted by atomic mass is 10.0. The van der Waals surface area contributed by atoms with E-state index in [4.69, 9.17) is 0 Å². The molecule has 0 aliphatic heterocycles. The molecule has 2 aromatic heterocycles. The molecule has 0 fully saturated rings. The largest absolute Gasteiger partial charge is 0.275 e. The van der Waals surface area contributed by atoms with Crippen LogP contribution in [0.3, 0.4) is 0 Å². The molecular formula is C15H15N3. The third kappa shape index (κ3) is 1.68. The summed E-state index contributed by atoms with van der Waals surface area (Å²) in [5, 5.41) is 5.68. The van der Waals surface area contributed by atoms with Crippen molar-refractivity contribution in [2.24, 2.45) is 7.05 Å². The van der Waals surface area contributed by atoms with Gasteiger partial charge in [0, 0.05) is 30.4 Å². The standard InChI is InChI=1S/C15H15N3/c1-10-7-11(2)14(16-8-10)13-6-4-5-12-9-18(3)17-15(12)13/h4-9H,1-3H3. The van der Waals surface area contributed by atoms with Crippen molar-refractivity contribution in [1.82, 2.24) is 14.8 Å². The number of hydrogen-bond acceptors (Lipinski definition) is 2. The first kappa shape index (κ1) is 11.0. The molecule has 1 aromatic carbocycles. The minimum Gasteiger partial charge on any atom is -0.275 e. The average Bonchev–Trinajstić information content (AvgIpc) is 2.69. The number of pyridine rings is 1. The summed E-state index contributed by atoms with van der Waals surface area (Å²) < 4.78 is 1.84. The Balaban J connectivity index is 2.31. The second kappa shape index (κ2) is 3.95. The molecule has 0 spiro atoms. The van der Waals surface area contributed by atoms with E-state index in [1.807, 2.05) is 24.1 Å². The summed E-state index contributed by atoms with van der Waals surface area (Å²) in [6.45, 7) is 4.15. The van der Waals surface area contributed by atoms with Gasteiger partial charge >= 0.3 is 0 Å². The summed E-state index contributed by atoms with van der Waals surface area (Å²) in [6.07, 6.45) is 3.94. The minimum atomic E-state index is 1.01. The maximum atomic E-state index is 4.56. The third-order valence-corrected chi connectivity index (χ3v) is 3.12. The lowest BCUT2D eigenvalue weighted by molar-refractivity contribution is 0.780. The van der Waals surface area contributed by atoms with Gasteiger partial charge in [-0.15, -0.1) is 0 Å². The highest BCUT2D eigenvalue weighted by Crippen LogP contribution is 2.28. The molecule has 2 heterocycles. The van der Waals surface area contributed by atoms with Crippen LogP contribution in [0.5, 0.6) is 0 Å². The normalized spacial score (nSPS) is 11.1. The van der Waals surface area contributed by atoms with Gasteiger partial charge in [-0.1, -0.05) is 24.3 Å². The van der Waals surface area contributed by atoms with Crippen LogP contribution in [-0.2, 0) is 7.05 Å². The Morgan fingerprint density at radius 3 is 2.78 bits per heavy atom. The second-order valence-electron chi connectivity index (χ2n) is 4.72. The molecule has 3 aromatic rings. The van der Waals surface area contributed by atoms with Gasteiger partial charge in [-0.05, 0) is 25.0 Å². The van der Waals surface area contributed by atoms with E-state index in [2.05, 4.69) is 48.2 Å². The van der Waals surface area contributed by atoms with E-state index in [9.17, 15) is 0 Å². The van der Waals surface area contributed by atoms with E-state index in [0.717, 1.165) is 22.2 Å². The number of aryl methyl sites for hydroxylation is 3. The quantitative estimate of drug-likeness (QED) is 0.650. The molecule has 0 atom stereocenters. The van der Waals surface area contributed by atoms with Crippen molar-refractivity contribution in [1.29, 1.82) is 0 Å². The van der Waals surface area contributed by atoms with E-state index in [-0.39, 0.29) is 0 Å². The zero-order valence-electron chi connectivity index (χ0n) is 10.8. The van der Waals surface area contributed by atoms with Crippen molar-refractivity contribution in [3.05, 3.63) is 47.8 Å². The van der Waals surface area contributed by atoms with E-state index in [1.54, 1.807) is 0 Å². The molecule has 3 heteroatoms. The Labute approximate surface area is 106 Å². The first-order valence-corrected chi connectivity index (χ1v) is 6.01. The lowest BCUT2D eigenvalue weighted by Crippen LogP contribution is -1.91. The van der Waals surface area contributed by atoms with Crippen LogP contribution in [0.2, 0.25) is 0 Å². The number of nitrogens with zero attached hydrogens (tertiary/aromatic N) is 3. The van der Waals surface area contributed by atoms with E-state index >= 15 is 0 Å². The van der Waals surface area contributed by atoms with Gasteiger partial charge < -0.3 is 0 Å². The Kier molecular flexibility index (Phi) is 2.40. The molecule has 0 amide bonds. The number of aromatic nitrogens is 3. The highest BCUT2D eigenvalue weighted by molar-refractivity contribution is 5.93. The highest BCUT2D eigenvalue weighted by Gasteiger charge is 2.10. The molecule has 0 bridgehead atoms. The zero-order valence-corrected chi connectivity index (χ0v) is 10.8. The number of fused-ring (bicyclic) bond motifs is 1. The van der Waals surface area contributed by atoms with Crippen LogP contribution in [0.1, 0.15) is 11.1 Å². The highest BCUT2D eigenvalue weighted by atomic mass is 15.2. The Morgan fingerprint density at radius 2 is 2.00 bits per heavy atom. The second-order valence-corrected chi connectivity index (χ2v) is 4.72. The van der Waals surface area contributed by atoms with E-state index < -0.39 is 0 Å². The van der Waals surface area contributed by atoms with Gasteiger partial charge in [-0.2, -0.15) is 5.10 Å². The predicted molar refractivity (Wildman–Crippen MR) is 73.4 cm³/mol. The monoisotopic (exact) mass is 237 g/mol. The van der Waals surface area contributed by atoms with Crippen LogP contribution < -0.4 is 0 Å². The van der Waals surface area contributed by atoms with Crippen molar-refractivity contribution < 1.29 is 0 Å². The molecular weight excluding hydrogens is 222 g/mol. The molecule has 0 saturated carbocycles. The van der Waals surface area contributed by atoms with Crippen LogP contribution in [0, 0.1) is 13.8 Å². The van der Waals surface area contributed by atoms with Crippen molar-refractivity contribution in [3.63, 3.8) is 0 Å².